The average Bonchev–Trinajstić information content (AvgIpc) is 2.98. The molecule has 0 spiro atoms. The highest BCUT2D eigenvalue weighted by Gasteiger charge is 2.24. The van der Waals surface area contributed by atoms with Gasteiger partial charge in [-0.3, -0.25) is 4.79 Å². The molecule has 8 nitrogen and oxygen atoms in total. The molecular weight excluding hydrogens is 360 g/mol. The first-order valence-electron chi connectivity index (χ1n) is 8.13. The quantitative estimate of drug-likeness (QED) is 0.808. The molecule has 0 unspecified atom stereocenters. The van der Waals surface area contributed by atoms with Crippen LogP contribution >= 0.6 is 11.6 Å². The van der Waals surface area contributed by atoms with Gasteiger partial charge in [-0.15, -0.1) is 0 Å². The molecule has 26 heavy (non-hydrogen) atoms. The summed E-state index contributed by atoms with van der Waals surface area (Å²) >= 11 is 6.02. The summed E-state index contributed by atoms with van der Waals surface area (Å²) in [7, 11) is 0. The van der Waals surface area contributed by atoms with Gasteiger partial charge in [0.1, 0.15) is 5.56 Å². The molecule has 1 aliphatic heterocycles. The third kappa shape index (κ3) is 3.91. The molecular formula is C17H19ClN4O4. The highest BCUT2D eigenvalue weighted by atomic mass is 35.5. The lowest BCUT2D eigenvalue weighted by Gasteiger charge is -2.36. The van der Waals surface area contributed by atoms with Crippen molar-refractivity contribution in [2.24, 2.45) is 0 Å². The molecule has 3 rings (SSSR count). The van der Waals surface area contributed by atoms with E-state index < -0.39 is 5.97 Å². The van der Waals surface area contributed by atoms with Crippen molar-refractivity contribution in [1.29, 1.82) is 0 Å². The largest absolute Gasteiger partial charge is 0.452 e. The lowest BCUT2D eigenvalue weighted by atomic mass is 10.2. The molecule has 1 aromatic heterocycles. The number of rotatable bonds is 4. The number of aryl methyl sites for hydroxylation is 1. The second-order valence-corrected chi connectivity index (χ2v) is 6.37. The van der Waals surface area contributed by atoms with Gasteiger partial charge in [0.05, 0.1) is 5.69 Å². The lowest BCUT2D eigenvalue weighted by molar-refractivity contribution is -0.134. The number of piperazine rings is 1. The number of anilines is 2. The number of nitrogen functional groups attached to an aromatic ring is 1. The number of halogens is 1. The summed E-state index contributed by atoms with van der Waals surface area (Å²) in [6, 6.07) is 7.60. The third-order valence-corrected chi connectivity index (χ3v) is 4.46. The zero-order valence-electron chi connectivity index (χ0n) is 14.3. The predicted molar refractivity (Wildman–Crippen MR) is 96.2 cm³/mol. The fraction of sp³-hybridized carbons (Fsp3) is 0.353. The summed E-state index contributed by atoms with van der Waals surface area (Å²) in [6.07, 6.45) is 0. The van der Waals surface area contributed by atoms with Crippen molar-refractivity contribution in [2.45, 2.75) is 6.92 Å². The van der Waals surface area contributed by atoms with Gasteiger partial charge in [0, 0.05) is 36.9 Å². The number of benzene rings is 1. The normalized spacial score (nSPS) is 14.4. The van der Waals surface area contributed by atoms with E-state index in [9.17, 15) is 9.59 Å². The van der Waals surface area contributed by atoms with Gasteiger partial charge in [-0.05, 0) is 25.1 Å². The number of esters is 1. The number of amides is 1. The molecule has 0 aliphatic carbocycles. The minimum absolute atomic E-state index is 0.0589. The highest BCUT2D eigenvalue weighted by molar-refractivity contribution is 6.30. The van der Waals surface area contributed by atoms with Crippen LogP contribution in [0.3, 0.4) is 0 Å². The zero-order chi connectivity index (χ0) is 18.7. The fourth-order valence-electron chi connectivity index (χ4n) is 2.81. The smallest absolute Gasteiger partial charge is 0.346 e. The molecule has 138 valence electrons. The molecule has 0 atom stereocenters. The van der Waals surface area contributed by atoms with E-state index in [0.29, 0.717) is 36.9 Å². The fourth-order valence-corrected chi connectivity index (χ4v) is 3.00. The van der Waals surface area contributed by atoms with Crippen LogP contribution in [0.2, 0.25) is 5.02 Å². The summed E-state index contributed by atoms with van der Waals surface area (Å²) < 4.78 is 9.77. The van der Waals surface area contributed by atoms with Crippen molar-refractivity contribution in [3.8, 4) is 0 Å². The topological polar surface area (TPSA) is 102 Å². The molecule has 9 heteroatoms. The number of aromatic nitrogens is 1. The SMILES string of the molecule is Cc1noc(N)c1C(=O)OCC(=O)N1CCN(c2cccc(Cl)c2)CC1. The van der Waals surface area contributed by atoms with Crippen LogP contribution in [0.25, 0.3) is 0 Å². The van der Waals surface area contributed by atoms with E-state index >= 15 is 0 Å². The van der Waals surface area contributed by atoms with E-state index in [2.05, 4.69) is 10.1 Å². The van der Waals surface area contributed by atoms with E-state index in [-0.39, 0.29) is 24.0 Å². The zero-order valence-corrected chi connectivity index (χ0v) is 15.0. The monoisotopic (exact) mass is 378 g/mol. The molecule has 1 aliphatic rings. The first kappa shape index (κ1) is 18.1. The number of carbonyl (C=O) groups excluding carboxylic acids is 2. The predicted octanol–water partition coefficient (Wildman–Crippen LogP) is 1.72. The minimum Gasteiger partial charge on any atom is -0.452 e. The van der Waals surface area contributed by atoms with Gasteiger partial charge in [-0.25, -0.2) is 4.79 Å². The number of hydrogen-bond acceptors (Lipinski definition) is 7. The lowest BCUT2D eigenvalue weighted by Crippen LogP contribution is -2.49. The summed E-state index contributed by atoms with van der Waals surface area (Å²) in [4.78, 5) is 28.1. The van der Waals surface area contributed by atoms with Gasteiger partial charge < -0.3 is 24.8 Å². The van der Waals surface area contributed by atoms with E-state index in [4.69, 9.17) is 26.6 Å². The van der Waals surface area contributed by atoms with Crippen LogP contribution in [0, 0.1) is 6.92 Å². The Bertz CT molecular complexity index is 795. The maximum atomic E-state index is 12.3. The van der Waals surface area contributed by atoms with Crippen LogP contribution in [0.1, 0.15) is 16.1 Å². The van der Waals surface area contributed by atoms with E-state index in [1.54, 1.807) is 11.8 Å². The molecule has 0 radical (unpaired) electrons. The van der Waals surface area contributed by atoms with Crippen molar-refractivity contribution < 1.29 is 18.8 Å². The maximum Gasteiger partial charge on any atom is 0.346 e. The highest BCUT2D eigenvalue weighted by Crippen LogP contribution is 2.21. The molecule has 1 aromatic carbocycles. The van der Waals surface area contributed by atoms with Crippen LogP contribution in [0.15, 0.2) is 28.8 Å². The van der Waals surface area contributed by atoms with Crippen molar-refractivity contribution in [3.05, 3.63) is 40.5 Å². The Hall–Kier alpha value is -2.74. The van der Waals surface area contributed by atoms with Crippen molar-refractivity contribution >= 4 is 35.0 Å². The Morgan fingerprint density at radius 3 is 2.65 bits per heavy atom. The summed E-state index contributed by atoms with van der Waals surface area (Å²) in [5.41, 5.74) is 6.94. The van der Waals surface area contributed by atoms with Gasteiger partial charge >= 0.3 is 5.97 Å². The number of hydrogen-bond donors (Lipinski definition) is 1. The average molecular weight is 379 g/mol. The molecule has 2 N–H and O–H groups in total. The van der Waals surface area contributed by atoms with Crippen LogP contribution in [0.4, 0.5) is 11.6 Å². The summed E-state index contributed by atoms with van der Waals surface area (Å²) in [6.45, 7) is 3.66. The molecule has 0 bridgehead atoms. The Morgan fingerprint density at radius 2 is 2.04 bits per heavy atom. The molecule has 1 saturated heterocycles. The maximum absolute atomic E-state index is 12.3. The molecule has 1 fully saturated rings. The van der Waals surface area contributed by atoms with Crippen LogP contribution in [0.5, 0.6) is 0 Å². The summed E-state index contributed by atoms with van der Waals surface area (Å²) in [5, 5.41) is 4.26. The van der Waals surface area contributed by atoms with Crippen molar-refractivity contribution in [2.75, 3.05) is 43.4 Å². The standard InChI is InChI=1S/C17H19ClN4O4/c1-11-15(16(19)26-20-11)17(24)25-10-14(23)22-7-5-21(6-8-22)13-4-2-3-12(18)9-13/h2-4,9H,5-8,10,19H2,1H3. The van der Waals surface area contributed by atoms with E-state index in [1.807, 2.05) is 24.3 Å². The Morgan fingerprint density at radius 1 is 1.31 bits per heavy atom. The molecule has 0 saturated carbocycles. The van der Waals surface area contributed by atoms with Crippen LogP contribution in [-0.2, 0) is 9.53 Å². The van der Waals surface area contributed by atoms with Crippen LogP contribution in [-0.4, -0.2) is 54.7 Å². The van der Waals surface area contributed by atoms with Gasteiger partial charge in [-0.1, -0.05) is 22.8 Å². The number of carbonyl (C=O) groups is 2. The summed E-state index contributed by atoms with van der Waals surface area (Å²) in [5.74, 6) is -1.08. The second-order valence-electron chi connectivity index (χ2n) is 5.93. The molecule has 2 heterocycles. The van der Waals surface area contributed by atoms with Crippen molar-refractivity contribution in [1.82, 2.24) is 10.1 Å². The number of nitrogens with zero attached hydrogens (tertiary/aromatic N) is 3. The van der Waals surface area contributed by atoms with Gasteiger partial charge in [0.25, 0.3) is 5.91 Å². The minimum atomic E-state index is -0.716. The Balaban J connectivity index is 1.50. The van der Waals surface area contributed by atoms with Crippen LogP contribution < -0.4 is 10.6 Å². The third-order valence-electron chi connectivity index (χ3n) is 4.23. The van der Waals surface area contributed by atoms with Crippen molar-refractivity contribution in [3.63, 3.8) is 0 Å². The molecule has 1 amide bonds. The van der Waals surface area contributed by atoms with E-state index in [0.717, 1.165) is 5.69 Å². The Labute approximate surface area is 155 Å². The first-order chi connectivity index (χ1) is 12.5. The Kier molecular flexibility index (Phi) is 5.32. The number of ether oxygens (including phenoxy) is 1. The van der Waals surface area contributed by atoms with Gasteiger partial charge in [0.2, 0.25) is 5.88 Å². The van der Waals surface area contributed by atoms with Gasteiger partial charge in [0.15, 0.2) is 6.61 Å². The second kappa shape index (κ2) is 7.65. The van der Waals surface area contributed by atoms with E-state index in [1.165, 1.54) is 0 Å². The first-order valence-corrected chi connectivity index (χ1v) is 8.50. The van der Waals surface area contributed by atoms with Gasteiger partial charge in [-0.2, -0.15) is 0 Å². The molecule has 2 aromatic rings. The number of nitrogens with two attached hydrogens (primary N) is 1.